The highest BCUT2D eigenvalue weighted by Crippen LogP contribution is 2.38. The Morgan fingerprint density at radius 1 is 1.07 bits per heavy atom. The number of aromatic hydroxyl groups is 2. The lowest BCUT2D eigenvalue weighted by Gasteiger charge is -2.31. The second-order valence-electron chi connectivity index (χ2n) is 10.5. The number of carbonyl (C=O) groups excluding carboxylic acids is 5. The molecule has 234 valence electrons. The topological polar surface area (TPSA) is 213 Å². The van der Waals surface area contributed by atoms with Gasteiger partial charge in [-0.25, -0.2) is 0 Å². The van der Waals surface area contributed by atoms with Crippen molar-refractivity contribution in [1.29, 1.82) is 5.26 Å². The van der Waals surface area contributed by atoms with Crippen LogP contribution >= 0.6 is 0 Å². The van der Waals surface area contributed by atoms with E-state index in [0.29, 0.717) is 12.1 Å². The second kappa shape index (κ2) is 14.8. The molecule has 1 aliphatic heterocycles. The predicted molar refractivity (Wildman–Crippen MR) is 159 cm³/mol. The van der Waals surface area contributed by atoms with Crippen LogP contribution < -0.4 is 26.6 Å². The van der Waals surface area contributed by atoms with Gasteiger partial charge >= 0.3 is 0 Å². The van der Waals surface area contributed by atoms with E-state index in [1.165, 1.54) is 51.2 Å². The van der Waals surface area contributed by atoms with Gasteiger partial charge in [-0.1, -0.05) is 12.1 Å². The third kappa shape index (κ3) is 8.01. The van der Waals surface area contributed by atoms with Gasteiger partial charge in [0.2, 0.25) is 29.5 Å². The zero-order valence-electron chi connectivity index (χ0n) is 24.9. The third-order valence-corrected chi connectivity index (χ3v) is 7.19. The molecule has 7 N–H and O–H groups in total. The average Bonchev–Trinajstić information content (AvgIpc) is 2.99. The van der Waals surface area contributed by atoms with Crippen LogP contribution in [-0.4, -0.2) is 90.0 Å². The lowest BCUT2D eigenvalue weighted by atomic mass is 9.93. The summed E-state index contributed by atoms with van der Waals surface area (Å²) >= 11 is 0. The van der Waals surface area contributed by atoms with Crippen molar-refractivity contribution in [3.63, 3.8) is 0 Å². The van der Waals surface area contributed by atoms with Gasteiger partial charge in [0.05, 0.1) is 6.07 Å². The number of nitrogens with one attached hydrogen (secondary N) is 5. The van der Waals surface area contributed by atoms with Crippen molar-refractivity contribution in [3.8, 4) is 28.7 Å². The molecule has 0 fully saturated rings. The number of hydrogen-bond acceptors (Lipinski definition) is 9. The Kier molecular flexibility index (Phi) is 11.2. The fraction of sp³-hybridized carbons (Fsp3) is 0.400. The van der Waals surface area contributed by atoms with Crippen LogP contribution in [-0.2, 0) is 30.4 Å². The van der Waals surface area contributed by atoms with E-state index >= 15 is 0 Å². The average molecular weight is 608 g/mol. The minimum atomic E-state index is -1.34. The van der Waals surface area contributed by atoms with E-state index in [1.54, 1.807) is 19.2 Å². The number of rotatable bonds is 8. The molecule has 44 heavy (non-hydrogen) atoms. The standard InChI is InChI=1S/C30H37N7O7/c1-16-27(41)36-22(28(42)33-12-10-31)14-18-5-7-23(38)20(13-18)21-15-19(6-8-24(21)39)26(29(43)35-16)37(4)30(44)17(2)34-25(40)9-11-32-3/h5-8,13,15-17,22,26,32,38-39H,9,11-12,14H2,1-4H3,(H,33,42)(H,34,40)(H,35,43)(H,36,41)/t16-,17-,22-,26-/m0/s1. The Morgan fingerprint density at radius 3 is 2.39 bits per heavy atom. The summed E-state index contributed by atoms with van der Waals surface area (Å²) in [6.45, 7) is 3.00. The van der Waals surface area contributed by atoms with Gasteiger partial charge in [0.25, 0.3) is 0 Å². The van der Waals surface area contributed by atoms with E-state index in [-0.39, 0.29) is 53.5 Å². The van der Waals surface area contributed by atoms with E-state index in [1.807, 2.05) is 0 Å². The Bertz CT molecular complexity index is 1470. The third-order valence-electron chi connectivity index (χ3n) is 7.19. The number of amides is 5. The number of hydrogen-bond donors (Lipinski definition) is 7. The van der Waals surface area contributed by atoms with Crippen molar-refractivity contribution in [3.05, 3.63) is 47.5 Å². The molecule has 5 amide bonds. The molecule has 0 aromatic heterocycles. The summed E-state index contributed by atoms with van der Waals surface area (Å²) in [5.74, 6) is -3.50. The van der Waals surface area contributed by atoms with Crippen LogP contribution in [0.5, 0.6) is 11.5 Å². The molecule has 1 heterocycles. The predicted octanol–water partition coefficient (Wildman–Crippen LogP) is -0.436. The van der Waals surface area contributed by atoms with Crippen molar-refractivity contribution in [2.24, 2.45) is 0 Å². The van der Waals surface area contributed by atoms with Crippen LogP contribution in [0.3, 0.4) is 0 Å². The van der Waals surface area contributed by atoms with E-state index in [0.717, 1.165) is 4.90 Å². The molecule has 2 aromatic rings. The lowest BCUT2D eigenvalue weighted by molar-refractivity contribution is -0.142. The summed E-state index contributed by atoms with van der Waals surface area (Å²) < 4.78 is 0. The molecular weight excluding hydrogens is 570 g/mol. The molecule has 3 rings (SSSR count). The molecule has 0 saturated carbocycles. The number of phenolic OH excluding ortho intramolecular Hbond substituents is 2. The molecule has 0 aliphatic carbocycles. The first-order valence-corrected chi connectivity index (χ1v) is 14.0. The monoisotopic (exact) mass is 607 g/mol. The van der Waals surface area contributed by atoms with Gasteiger partial charge < -0.3 is 41.7 Å². The number of benzene rings is 2. The molecule has 1 aliphatic rings. The van der Waals surface area contributed by atoms with Crippen LogP contribution in [0.2, 0.25) is 0 Å². The van der Waals surface area contributed by atoms with Gasteiger partial charge in [0.15, 0.2) is 0 Å². The van der Waals surface area contributed by atoms with E-state index < -0.39 is 47.8 Å². The first-order chi connectivity index (χ1) is 20.9. The number of nitrogens with zero attached hydrogens (tertiary/aromatic N) is 2. The van der Waals surface area contributed by atoms with Crippen LogP contribution in [0.15, 0.2) is 36.4 Å². The first kappa shape index (κ1) is 33.3. The maximum absolute atomic E-state index is 13.8. The van der Waals surface area contributed by atoms with Gasteiger partial charge in [-0.3, -0.25) is 24.0 Å². The quantitative estimate of drug-likeness (QED) is 0.194. The zero-order valence-corrected chi connectivity index (χ0v) is 24.9. The highest BCUT2D eigenvalue weighted by molar-refractivity contribution is 5.96. The van der Waals surface area contributed by atoms with Crippen LogP contribution in [0.1, 0.15) is 37.4 Å². The minimum absolute atomic E-state index is 0.0325. The second-order valence-corrected chi connectivity index (χ2v) is 10.5. The first-order valence-electron chi connectivity index (χ1n) is 14.0. The molecule has 2 aromatic carbocycles. The van der Waals surface area contributed by atoms with Gasteiger partial charge in [-0.2, -0.15) is 5.26 Å². The molecule has 14 heteroatoms. The lowest BCUT2D eigenvalue weighted by Crippen LogP contribution is -2.55. The van der Waals surface area contributed by atoms with Gasteiger partial charge in [-0.15, -0.1) is 0 Å². The normalized spacial score (nSPS) is 18.8. The van der Waals surface area contributed by atoms with E-state index in [2.05, 4.69) is 26.6 Å². The maximum atomic E-state index is 13.8. The van der Waals surface area contributed by atoms with Crippen LogP contribution in [0.4, 0.5) is 0 Å². The van der Waals surface area contributed by atoms with Crippen molar-refractivity contribution in [2.75, 3.05) is 27.2 Å². The molecule has 0 spiro atoms. The van der Waals surface area contributed by atoms with Crippen LogP contribution in [0, 0.1) is 11.3 Å². The highest BCUT2D eigenvalue weighted by Gasteiger charge is 2.34. The number of nitriles is 1. The largest absolute Gasteiger partial charge is 0.507 e. The summed E-state index contributed by atoms with van der Waals surface area (Å²) in [5.41, 5.74) is 1.09. The molecular formula is C30H37N7O7. The maximum Gasteiger partial charge on any atom is 0.248 e. The van der Waals surface area contributed by atoms with Crippen molar-refractivity contribution in [1.82, 2.24) is 31.5 Å². The Hall–Kier alpha value is -5.16. The van der Waals surface area contributed by atoms with Crippen molar-refractivity contribution in [2.45, 2.75) is 50.9 Å². The number of phenols is 2. The molecule has 4 bridgehead atoms. The molecule has 0 saturated heterocycles. The SMILES string of the molecule is CNCCC(=O)N[C@@H](C)C(=O)N(C)[C@@H]1C(=O)N[C@@H](C)C(=O)N[C@H](C(=O)NCC#N)Cc2ccc(O)c(c2)-c2cc1ccc2O. The van der Waals surface area contributed by atoms with E-state index in [9.17, 15) is 34.2 Å². The summed E-state index contributed by atoms with van der Waals surface area (Å²) in [4.78, 5) is 66.6. The fourth-order valence-electron chi connectivity index (χ4n) is 4.81. The zero-order chi connectivity index (χ0) is 32.6. The molecule has 4 atom stereocenters. The number of carbonyl (C=O) groups is 5. The number of likely N-dealkylation sites (N-methyl/N-ethyl adjacent to an activating group) is 1. The van der Waals surface area contributed by atoms with Gasteiger partial charge in [0, 0.05) is 37.6 Å². The molecule has 0 radical (unpaired) electrons. The Morgan fingerprint density at radius 2 is 1.73 bits per heavy atom. The summed E-state index contributed by atoms with van der Waals surface area (Å²) in [5, 5.41) is 43.5. The molecule has 0 unspecified atom stereocenters. The fourth-order valence-corrected chi connectivity index (χ4v) is 4.81. The smallest absolute Gasteiger partial charge is 0.248 e. The summed E-state index contributed by atoms with van der Waals surface area (Å²) in [6, 6.07) is 5.82. The van der Waals surface area contributed by atoms with Gasteiger partial charge in [-0.05, 0) is 56.3 Å². The van der Waals surface area contributed by atoms with Crippen molar-refractivity contribution < 1.29 is 34.2 Å². The number of fused-ring (bicyclic) bond motifs is 5. The summed E-state index contributed by atoms with van der Waals surface area (Å²) in [7, 11) is 3.06. The van der Waals surface area contributed by atoms with E-state index in [4.69, 9.17) is 5.26 Å². The van der Waals surface area contributed by atoms with Gasteiger partial charge in [0.1, 0.15) is 42.2 Å². The minimum Gasteiger partial charge on any atom is -0.507 e. The highest BCUT2D eigenvalue weighted by atomic mass is 16.3. The van der Waals surface area contributed by atoms with Crippen molar-refractivity contribution >= 4 is 29.5 Å². The Labute approximate surface area is 254 Å². The Balaban J connectivity index is 2.11. The van der Waals surface area contributed by atoms with Crippen LogP contribution in [0.25, 0.3) is 11.1 Å². The molecule has 14 nitrogen and oxygen atoms in total. The summed E-state index contributed by atoms with van der Waals surface area (Å²) in [6.07, 6.45) is 0.100.